The zero-order valence-corrected chi connectivity index (χ0v) is 17.3. The number of sulfone groups is 1. The molecular formula is C24H22O6S. The predicted molar refractivity (Wildman–Crippen MR) is 120 cm³/mol. The molecule has 0 bridgehead atoms. The first-order chi connectivity index (χ1) is 14.7. The van der Waals surface area contributed by atoms with Crippen molar-refractivity contribution in [1.29, 1.82) is 0 Å². The van der Waals surface area contributed by atoms with Gasteiger partial charge in [-0.2, -0.15) is 0 Å². The summed E-state index contributed by atoms with van der Waals surface area (Å²) in [5.41, 5.74) is 0.828. The molecule has 0 aliphatic heterocycles. The van der Waals surface area contributed by atoms with E-state index in [9.17, 15) is 28.8 Å². The molecule has 0 spiro atoms. The molecule has 0 radical (unpaired) electrons. The van der Waals surface area contributed by atoms with Crippen LogP contribution in [0.5, 0.6) is 11.5 Å². The smallest absolute Gasteiger partial charge is 0.156 e. The van der Waals surface area contributed by atoms with Crippen LogP contribution in [0.2, 0.25) is 0 Å². The predicted octanol–water partition coefficient (Wildman–Crippen LogP) is 3.59. The van der Waals surface area contributed by atoms with Crippen molar-refractivity contribution in [3.8, 4) is 11.5 Å². The minimum Gasteiger partial charge on any atom is -0.507 e. The van der Waals surface area contributed by atoms with E-state index in [0.29, 0.717) is 32.7 Å². The average Bonchev–Trinajstić information content (AvgIpc) is 2.73. The third-order valence-electron chi connectivity index (χ3n) is 5.36. The van der Waals surface area contributed by atoms with Crippen LogP contribution < -0.4 is 0 Å². The Bertz CT molecular complexity index is 1260. The van der Waals surface area contributed by atoms with Gasteiger partial charge in [0.05, 0.1) is 23.7 Å². The summed E-state index contributed by atoms with van der Waals surface area (Å²) in [5, 5.41) is 43.3. The fourth-order valence-electron chi connectivity index (χ4n) is 3.73. The number of rotatable bonds is 6. The van der Waals surface area contributed by atoms with Crippen LogP contribution in [0.15, 0.2) is 72.8 Å². The van der Waals surface area contributed by atoms with Crippen LogP contribution in [0, 0.1) is 0 Å². The van der Waals surface area contributed by atoms with E-state index in [4.69, 9.17) is 0 Å². The first-order valence-electron chi connectivity index (χ1n) is 9.73. The van der Waals surface area contributed by atoms with E-state index in [2.05, 4.69) is 0 Å². The number of aliphatic hydroxyl groups is 2. The molecule has 0 heterocycles. The molecule has 0 aliphatic carbocycles. The summed E-state index contributed by atoms with van der Waals surface area (Å²) >= 11 is 0. The Balaban J connectivity index is 1.51. The Morgan fingerprint density at radius 2 is 1.06 bits per heavy atom. The number of hydrogen-bond acceptors (Lipinski definition) is 6. The van der Waals surface area contributed by atoms with Crippen LogP contribution in [0.1, 0.15) is 23.3 Å². The van der Waals surface area contributed by atoms with E-state index in [1.54, 1.807) is 72.8 Å². The van der Waals surface area contributed by atoms with Crippen molar-refractivity contribution in [3.05, 3.63) is 83.9 Å². The van der Waals surface area contributed by atoms with Gasteiger partial charge in [0.25, 0.3) is 0 Å². The maximum atomic E-state index is 12.6. The average molecular weight is 439 g/mol. The molecule has 0 fully saturated rings. The number of phenols is 2. The van der Waals surface area contributed by atoms with Crippen molar-refractivity contribution in [2.24, 2.45) is 0 Å². The molecule has 0 amide bonds. The summed E-state index contributed by atoms with van der Waals surface area (Å²) in [7, 11) is -3.80. The zero-order valence-electron chi connectivity index (χ0n) is 16.5. The number of aliphatic hydroxyl groups excluding tert-OH is 2. The molecule has 4 N–H and O–H groups in total. The van der Waals surface area contributed by atoms with Gasteiger partial charge in [-0.1, -0.05) is 48.5 Å². The van der Waals surface area contributed by atoms with Crippen LogP contribution in [-0.2, 0) is 9.84 Å². The van der Waals surface area contributed by atoms with Crippen LogP contribution in [0.4, 0.5) is 0 Å². The van der Waals surface area contributed by atoms with E-state index in [-0.39, 0.29) is 11.5 Å². The van der Waals surface area contributed by atoms with Gasteiger partial charge < -0.3 is 20.4 Å². The molecule has 0 saturated carbocycles. The van der Waals surface area contributed by atoms with Gasteiger partial charge in [-0.05, 0) is 46.2 Å². The van der Waals surface area contributed by atoms with Gasteiger partial charge in [0, 0.05) is 10.8 Å². The summed E-state index contributed by atoms with van der Waals surface area (Å²) < 4.78 is 25.3. The molecule has 160 valence electrons. The monoisotopic (exact) mass is 438 g/mol. The summed E-state index contributed by atoms with van der Waals surface area (Å²) in [6.45, 7) is 0. The summed E-state index contributed by atoms with van der Waals surface area (Å²) in [6.07, 6.45) is -2.53. The quantitative estimate of drug-likeness (QED) is 0.366. The second-order valence-corrected chi connectivity index (χ2v) is 9.78. The van der Waals surface area contributed by atoms with Gasteiger partial charge in [0.1, 0.15) is 11.5 Å². The van der Waals surface area contributed by atoms with Crippen LogP contribution in [0.3, 0.4) is 0 Å². The Labute approximate surface area is 179 Å². The lowest BCUT2D eigenvalue weighted by Crippen LogP contribution is -2.21. The van der Waals surface area contributed by atoms with E-state index in [1.807, 2.05) is 0 Å². The van der Waals surface area contributed by atoms with Crippen molar-refractivity contribution in [2.75, 3.05) is 11.5 Å². The number of hydrogen-bond donors (Lipinski definition) is 4. The summed E-state index contributed by atoms with van der Waals surface area (Å²) in [4.78, 5) is 0. The van der Waals surface area contributed by atoms with Gasteiger partial charge in [0.2, 0.25) is 0 Å². The van der Waals surface area contributed by atoms with Gasteiger partial charge >= 0.3 is 0 Å². The second-order valence-electron chi connectivity index (χ2n) is 7.62. The van der Waals surface area contributed by atoms with Crippen LogP contribution in [-0.4, -0.2) is 40.3 Å². The first-order valence-corrected chi connectivity index (χ1v) is 11.6. The molecule has 31 heavy (non-hydrogen) atoms. The molecule has 4 rings (SSSR count). The number of aromatic hydroxyl groups is 2. The lowest BCUT2D eigenvalue weighted by molar-refractivity contribution is 0.194. The molecule has 7 heteroatoms. The topological polar surface area (TPSA) is 115 Å². The van der Waals surface area contributed by atoms with Crippen LogP contribution >= 0.6 is 0 Å². The molecule has 0 aliphatic rings. The van der Waals surface area contributed by atoms with Crippen molar-refractivity contribution >= 4 is 31.4 Å². The zero-order chi connectivity index (χ0) is 22.2. The van der Waals surface area contributed by atoms with E-state index < -0.39 is 33.6 Å². The highest BCUT2D eigenvalue weighted by atomic mass is 32.2. The first kappa shape index (κ1) is 21.1. The number of benzene rings is 4. The Morgan fingerprint density at radius 3 is 1.48 bits per heavy atom. The highest BCUT2D eigenvalue weighted by Gasteiger charge is 2.24. The van der Waals surface area contributed by atoms with Crippen molar-refractivity contribution in [2.45, 2.75) is 12.2 Å². The van der Waals surface area contributed by atoms with Crippen molar-refractivity contribution in [3.63, 3.8) is 0 Å². The van der Waals surface area contributed by atoms with Crippen molar-refractivity contribution < 1.29 is 28.8 Å². The second kappa shape index (κ2) is 8.19. The summed E-state index contributed by atoms with van der Waals surface area (Å²) in [5.74, 6) is -0.859. The van der Waals surface area contributed by atoms with E-state index in [1.165, 1.54) is 0 Å². The van der Waals surface area contributed by atoms with Crippen molar-refractivity contribution in [1.82, 2.24) is 0 Å². The standard InChI is InChI=1S/C24H22O6S/c25-21-5-1-3-15-11-17(7-9-19(15)21)23(27)13-31(29,30)14-24(28)18-8-10-20-16(12-18)4-2-6-22(20)26/h1-12,23-28H,13-14H2. The Morgan fingerprint density at radius 1 is 0.645 bits per heavy atom. The van der Waals surface area contributed by atoms with Crippen LogP contribution in [0.25, 0.3) is 21.5 Å². The third kappa shape index (κ3) is 4.49. The molecule has 4 aromatic rings. The fourth-order valence-corrected chi connectivity index (χ4v) is 5.21. The SMILES string of the molecule is O=S(=O)(CC(O)c1ccc2c(O)cccc2c1)CC(O)c1ccc2c(O)cccc2c1. The number of phenolic OH excluding ortho intramolecular Hbond substituents is 2. The van der Waals surface area contributed by atoms with Gasteiger partial charge in [-0.25, -0.2) is 8.42 Å². The molecule has 4 aromatic carbocycles. The largest absolute Gasteiger partial charge is 0.507 e. The lowest BCUT2D eigenvalue weighted by atomic mass is 10.0. The molecule has 0 saturated heterocycles. The molecule has 2 unspecified atom stereocenters. The highest BCUT2D eigenvalue weighted by Crippen LogP contribution is 2.29. The normalized spacial score (nSPS) is 14.0. The maximum absolute atomic E-state index is 12.6. The third-order valence-corrected chi connectivity index (χ3v) is 7.00. The van der Waals surface area contributed by atoms with Gasteiger partial charge in [-0.3, -0.25) is 0 Å². The van der Waals surface area contributed by atoms with Gasteiger partial charge in [-0.15, -0.1) is 0 Å². The maximum Gasteiger partial charge on any atom is 0.156 e. The molecular weight excluding hydrogens is 416 g/mol. The highest BCUT2D eigenvalue weighted by molar-refractivity contribution is 7.91. The summed E-state index contributed by atoms with van der Waals surface area (Å²) in [6, 6.07) is 19.7. The minimum absolute atomic E-state index is 0.109. The Hall–Kier alpha value is -3.13. The van der Waals surface area contributed by atoms with E-state index in [0.717, 1.165) is 0 Å². The lowest BCUT2D eigenvalue weighted by Gasteiger charge is -2.16. The molecule has 6 nitrogen and oxygen atoms in total. The molecule has 0 aromatic heterocycles. The van der Waals surface area contributed by atoms with Gasteiger partial charge in [0.15, 0.2) is 9.84 Å². The molecule has 2 atom stereocenters. The number of fused-ring (bicyclic) bond motifs is 2. The van der Waals surface area contributed by atoms with E-state index >= 15 is 0 Å². The fraction of sp³-hybridized carbons (Fsp3) is 0.167. The minimum atomic E-state index is -3.80. The Kier molecular flexibility index (Phi) is 5.58.